The molecular weight excluding hydrogens is 288 g/mol. The van der Waals surface area contributed by atoms with Gasteiger partial charge in [0.15, 0.2) is 12.1 Å². The molecule has 7 heteroatoms. The van der Waals surface area contributed by atoms with Crippen LogP contribution in [-0.2, 0) is 9.59 Å². The van der Waals surface area contributed by atoms with Crippen LogP contribution in [0.1, 0.15) is 0 Å². The minimum absolute atomic E-state index is 0.354. The molecule has 3 rings (SSSR count). The monoisotopic (exact) mass is 294 g/mol. The lowest BCUT2D eigenvalue weighted by atomic mass is 10.1. The molecule has 1 aromatic rings. The highest BCUT2D eigenvalue weighted by Gasteiger charge is 2.49. The number of amides is 2. The summed E-state index contributed by atoms with van der Waals surface area (Å²) in [4.78, 5) is 23.0. The zero-order valence-corrected chi connectivity index (χ0v) is 10.1. The van der Waals surface area contributed by atoms with E-state index in [1.807, 2.05) is 24.3 Å². The summed E-state index contributed by atoms with van der Waals surface area (Å²) in [6.07, 6.45) is 0. The lowest BCUT2D eigenvalue weighted by Gasteiger charge is -2.18. The van der Waals surface area contributed by atoms with Gasteiger partial charge < -0.3 is 0 Å². The Hall–Kier alpha value is -1.76. The van der Waals surface area contributed by atoms with Gasteiger partial charge in [-0.05, 0) is 24.3 Å². The van der Waals surface area contributed by atoms with Crippen molar-refractivity contribution in [3.63, 3.8) is 0 Å². The number of carbonyl (C=O) groups is 2. The molecule has 1 fully saturated rings. The Kier molecular flexibility index (Phi) is 2.22. The van der Waals surface area contributed by atoms with E-state index >= 15 is 0 Å². The van der Waals surface area contributed by atoms with Gasteiger partial charge in [0.1, 0.15) is 0 Å². The number of hydrogen-bond donors (Lipinski definition) is 1. The highest BCUT2D eigenvalue weighted by Crippen LogP contribution is 2.29. The Balaban J connectivity index is 1.96. The van der Waals surface area contributed by atoms with E-state index in [1.54, 1.807) is 0 Å². The average molecular weight is 295 g/mol. The molecule has 2 atom stereocenters. The van der Waals surface area contributed by atoms with Crippen LogP contribution in [0.3, 0.4) is 0 Å². The second-order valence-corrected chi connectivity index (χ2v) is 4.68. The van der Waals surface area contributed by atoms with Crippen LogP contribution in [0.15, 0.2) is 39.1 Å². The summed E-state index contributed by atoms with van der Waals surface area (Å²) in [5.41, 5.74) is 0.731. The van der Waals surface area contributed by atoms with Crippen LogP contribution in [0.25, 0.3) is 0 Å². The number of hydrogen-bond acceptors (Lipinski definition) is 5. The van der Waals surface area contributed by atoms with Gasteiger partial charge in [0.05, 0.1) is 5.69 Å². The van der Waals surface area contributed by atoms with Gasteiger partial charge in [-0.2, -0.15) is 5.11 Å². The molecule has 1 saturated heterocycles. The van der Waals surface area contributed by atoms with Gasteiger partial charge in [-0.1, -0.05) is 21.2 Å². The second kappa shape index (κ2) is 3.63. The topological polar surface area (TPSA) is 74.1 Å². The number of halogens is 1. The fourth-order valence-corrected chi connectivity index (χ4v) is 2.15. The third-order valence-electron chi connectivity index (χ3n) is 2.71. The SMILES string of the molecule is O=C1NC(=O)C2C1N=NN2c1ccc(Br)cc1. The number of anilines is 1. The van der Waals surface area contributed by atoms with Crippen LogP contribution < -0.4 is 10.3 Å². The molecule has 0 aliphatic carbocycles. The van der Waals surface area contributed by atoms with Crippen molar-refractivity contribution < 1.29 is 9.59 Å². The molecule has 0 aromatic heterocycles. The van der Waals surface area contributed by atoms with Gasteiger partial charge in [0, 0.05) is 4.47 Å². The molecule has 0 spiro atoms. The molecule has 2 heterocycles. The van der Waals surface area contributed by atoms with E-state index in [2.05, 4.69) is 31.6 Å². The Morgan fingerprint density at radius 3 is 2.59 bits per heavy atom. The molecule has 0 radical (unpaired) electrons. The van der Waals surface area contributed by atoms with E-state index < -0.39 is 12.1 Å². The average Bonchev–Trinajstić information content (AvgIpc) is 2.84. The first-order valence-electron chi connectivity index (χ1n) is 4.97. The quantitative estimate of drug-likeness (QED) is 0.786. The third kappa shape index (κ3) is 1.54. The highest BCUT2D eigenvalue weighted by atomic mass is 79.9. The number of imide groups is 1. The molecular formula is C10H7BrN4O2. The van der Waals surface area contributed by atoms with Crippen molar-refractivity contribution in [2.45, 2.75) is 12.1 Å². The number of nitrogens with one attached hydrogen (secondary N) is 1. The summed E-state index contributed by atoms with van der Waals surface area (Å²) in [6.45, 7) is 0. The normalized spacial score (nSPS) is 26.3. The van der Waals surface area contributed by atoms with E-state index in [0.29, 0.717) is 0 Å². The fourth-order valence-electron chi connectivity index (χ4n) is 1.89. The van der Waals surface area contributed by atoms with Crippen LogP contribution in [0, 0.1) is 0 Å². The van der Waals surface area contributed by atoms with Gasteiger partial charge in [0.25, 0.3) is 11.8 Å². The van der Waals surface area contributed by atoms with Crippen molar-refractivity contribution in [3.8, 4) is 0 Å². The van der Waals surface area contributed by atoms with Crippen molar-refractivity contribution in [1.82, 2.24) is 5.32 Å². The lowest BCUT2D eigenvalue weighted by molar-refractivity contribution is -0.125. The van der Waals surface area contributed by atoms with Crippen molar-refractivity contribution in [2.75, 3.05) is 5.01 Å². The standard InChI is InChI=1S/C10H7BrN4O2/c11-5-1-3-6(4-2-5)15-8-7(13-14-15)9(16)12-10(8)17/h1-4,7-8H,(H,12,16,17). The zero-order valence-electron chi connectivity index (χ0n) is 8.50. The molecule has 1 N–H and O–H groups in total. The van der Waals surface area contributed by atoms with Crippen molar-refractivity contribution in [2.24, 2.45) is 10.3 Å². The van der Waals surface area contributed by atoms with E-state index in [1.165, 1.54) is 5.01 Å². The Morgan fingerprint density at radius 2 is 1.88 bits per heavy atom. The summed E-state index contributed by atoms with van der Waals surface area (Å²) in [7, 11) is 0. The number of rotatable bonds is 1. The van der Waals surface area contributed by atoms with E-state index in [-0.39, 0.29) is 11.8 Å². The van der Waals surface area contributed by atoms with Gasteiger partial charge >= 0.3 is 0 Å². The highest BCUT2D eigenvalue weighted by molar-refractivity contribution is 9.10. The number of nitrogens with zero attached hydrogens (tertiary/aromatic N) is 3. The molecule has 17 heavy (non-hydrogen) atoms. The van der Waals surface area contributed by atoms with Crippen molar-refractivity contribution in [3.05, 3.63) is 28.7 Å². The molecule has 86 valence electrons. The summed E-state index contributed by atoms with van der Waals surface area (Å²) < 4.78 is 0.931. The second-order valence-electron chi connectivity index (χ2n) is 3.77. The first-order valence-corrected chi connectivity index (χ1v) is 5.76. The van der Waals surface area contributed by atoms with Gasteiger partial charge in [-0.15, -0.1) is 0 Å². The minimum atomic E-state index is -0.717. The zero-order chi connectivity index (χ0) is 12.0. The van der Waals surface area contributed by atoms with Crippen molar-refractivity contribution >= 4 is 33.4 Å². The molecule has 1 aromatic carbocycles. The maximum absolute atomic E-state index is 11.6. The van der Waals surface area contributed by atoms with Crippen LogP contribution >= 0.6 is 15.9 Å². The first kappa shape index (κ1) is 10.4. The number of benzene rings is 1. The van der Waals surface area contributed by atoms with Crippen LogP contribution in [-0.4, -0.2) is 23.9 Å². The predicted octanol–water partition coefficient (Wildman–Crippen LogP) is 1.03. The number of fused-ring (bicyclic) bond motifs is 1. The molecule has 0 bridgehead atoms. The Bertz CT molecular complexity index is 528. The predicted molar refractivity (Wildman–Crippen MR) is 62.2 cm³/mol. The van der Waals surface area contributed by atoms with Crippen molar-refractivity contribution in [1.29, 1.82) is 0 Å². The fraction of sp³-hybridized carbons (Fsp3) is 0.200. The van der Waals surface area contributed by atoms with E-state index in [0.717, 1.165) is 10.2 Å². The smallest absolute Gasteiger partial charge is 0.256 e. The Labute approximate surface area is 105 Å². The molecule has 2 aliphatic rings. The van der Waals surface area contributed by atoms with Crippen LogP contribution in [0.5, 0.6) is 0 Å². The summed E-state index contributed by atoms with van der Waals surface area (Å²) in [5, 5.41) is 11.4. The minimum Gasteiger partial charge on any atom is -0.292 e. The van der Waals surface area contributed by atoms with Gasteiger partial charge in [0.2, 0.25) is 0 Å². The Morgan fingerprint density at radius 1 is 1.18 bits per heavy atom. The first-order chi connectivity index (χ1) is 8.16. The third-order valence-corrected chi connectivity index (χ3v) is 3.24. The van der Waals surface area contributed by atoms with E-state index in [9.17, 15) is 9.59 Å². The largest absolute Gasteiger partial charge is 0.292 e. The summed E-state index contributed by atoms with van der Waals surface area (Å²) >= 11 is 3.33. The molecule has 2 amide bonds. The molecule has 2 aliphatic heterocycles. The van der Waals surface area contributed by atoms with Gasteiger partial charge in [-0.25, -0.2) is 5.01 Å². The van der Waals surface area contributed by atoms with E-state index in [4.69, 9.17) is 0 Å². The summed E-state index contributed by atoms with van der Waals surface area (Å²) in [5.74, 6) is -0.740. The lowest BCUT2D eigenvalue weighted by Crippen LogP contribution is -2.38. The van der Waals surface area contributed by atoms with Crippen LogP contribution in [0.4, 0.5) is 5.69 Å². The number of carbonyl (C=O) groups excluding carboxylic acids is 2. The summed E-state index contributed by atoms with van der Waals surface area (Å²) in [6, 6.07) is 5.93. The molecule has 0 saturated carbocycles. The maximum atomic E-state index is 11.6. The maximum Gasteiger partial charge on any atom is 0.256 e. The van der Waals surface area contributed by atoms with Gasteiger partial charge in [-0.3, -0.25) is 14.9 Å². The molecule has 2 unspecified atom stereocenters. The van der Waals surface area contributed by atoms with Crippen LogP contribution in [0.2, 0.25) is 0 Å². The molecule has 6 nitrogen and oxygen atoms in total.